The largest absolute Gasteiger partial charge is 0.480 e. The van der Waals surface area contributed by atoms with Gasteiger partial charge < -0.3 is 10.4 Å². The molecule has 0 saturated heterocycles. The zero-order valence-electron chi connectivity index (χ0n) is 11.2. The monoisotopic (exact) mass is 299 g/mol. The Morgan fingerprint density at radius 1 is 1.25 bits per heavy atom. The van der Waals surface area contributed by atoms with E-state index < -0.39 is 32.2 Å². The van der Waals surface area contributed by atoms with E-state index in [0.29, 0.717) is 5.56 Å². The van der Waals surface area contributed by atoms with E-state index in [0.717, 1.165) is 0 Å². The lowest BCUT2D eigenvalue weighted by molar-refractivity contribution is -0.136. The van der Waals surface area contributed by atoms with Gasteiger partial charge in [0.05, 0.1) is 0 Å². The number of benzene rings is 1. The third-order valence-corrected chi connectivity index (χ3v) is 5.41. The number of nitrogens with one attached hydrogen (secondary N) is 1. The molecular formula is C13H17NO5S. The Balaban J connectivity index is 3.08. The van der Waals surface area contributed by atoms with Gasteiger partial charge in [-0.15, -0.1) is 0 Å². The third-order valence-electron chi connectivity index (χ3n) is 3.04. The van der Waals surface area contributed by atoms with Gasteiger partial charge in [0.1, 0.15) is 5.25 Å². The van der Waals surface area contributed by atoms with Crippen LogP contribution in [0.3, 0.4) is 0 Å². The van der Waals surface area contributed by atoms with Gasteiger partial charge in [0, 0.05) is 7.05 Å². The van der Waals surface area contributed by atoms with Gasteiger partial charge in [-0.1, -0.05) is 30.3 Å². The number of carbonyl (C=O) groups is 2. The summed E-state index contributed by atoms with van der Waals surface area (Å²) >= 11 is 0. The molecule has 1 amide bonds. The Morgan fingerprint density at radius 2 is 1.80 bits per heavy atom. The fraction of sp³-hybridized carbons (Fsp3) is 0.385. The highest BCUT2D eigenvalue weighted by Crippen LogP contribution is 2.16. The molecule has 0 aromatic heterocycles. The summed E-state index contributed by atoms with van der Waals surface area (Å²) in [5, 5.41) is 8.33. The molecule has 2 unspecified atom stereocenters. The first-order chi connectivity index (χ1) is 9.30. The third kappa shape index (κ3) is 3.57. The van der Waals surface area contributed by atoms with Crippen LogP contribution in [0.2, 0.25) is 0 Å². The molecule has 1 aromatic rings. The standard InChI is InChI=1S/C13H17NO5S/c1-9(12(15)14-2)20(18,19)11(13(16)17)8-10-6-4-3-5-7-10/h3-7,9,11H,8H2,1-2H3,(H,14,15)(H,16,17). The molecular weight excluding hydrogens is 282 g/mol. The van der Waals surface area contributed by atoms with E-state index in [2.05, 4.69) is 5.32 Å². The molecule has 1 aromatic carbocycles. The van der Waals surface area contributed by atoms with Crippen LogP contribution in [0.5, 0.6) is 0 Å². The van der Waals surface area contributed by atoms with Crippen molar-refractivity contribution in [1.29, 1.82) is 0 Å². The lowest BCUT2D eigenvalue weighted by atomic mass is 10.1. The van der Waals surface area contributed by atoms with Crippen molar-refractivity contribution < 1.29 is 23.1 Å². The summed E-state index contributed by atoms with van der Waals surface area (Å²) in [6.45, 7) is 1.19. The van der Waals surface area contributed by atoms with Crippen molar-refractivity contribution in [3.63, 3.8) is 0 Å². The van der Waals surface area contributed by atoms with Crippen molar-refractivity contribution >= 4 is 21.7 Å². The molecule has 2 N–H and O–H groups in total. The van der Waals surface area contributed by atoms with Crippen molar-refractivity contribution in [1.82, 2.24) is 5.32 Å². The molecule has 6 nitrogen and oxygen atoms in total. The molecule has 0 aliphatic carbocycles. The first kappa shape index (κ1) is 16.2. The minimum Gasteiger partial charge on any atom is -0.480 e. The Morgan fingerprint density at radius 3 is 2.25 bits per heavy atom. The van der Waals surface area contributed by atoms with E-state index in [1.54, 1.807) is 30.3 Å². The van der Waals surface area contributed by atoms with Crippen LogP contribution in [-0.4, -0.2) is 42.9 Å². The zero-order valence-corrected chi connectivity index (χ0v) is 12.1. The maximum atomic E-state index is 12.2. The van der Waals surface area contributed by atoms with Crippen LogP contribution < -0.4 is 5.32 Å². The average molecular weight is 299 g/mol. The minimum absolute atomic E-state index is 0.167. The van der Waals surface area contributed by atoms with Gasteiger partial charge in [-0.05, 0) is 18.9 Å². The van der Waals surface area contributed by atoms with E-state index in [9.17, 15) is 18.0 Å². The molecule has 0 fully saturated rings. The molecule has 2 atom stereocenters. The van der Waals surface area contributed by atoms with Gasteiger partial charge in [0.15, 0.2) is 15.1 Å². The molecule has 1 rings (SSSR count). The summed E-state index contributed by atoms with van der Waals surface area (Å²) in [5.41, 5.74) is 0.590. The lowest BCUT2D eigenvalue weighted by Crippen LogP contribution is -2.44. The highest BCUT2D eigenvalue weighted by atomic mass is 32.2. The van der Waals surface area contributed by atoms with Gasteiger partial charge in [-0.2, -0.15) is 0 Å². The molecule has 0 bridgehead atoms. The summed E-state index contributed by atoms with van der Waals surface area (Å²) in [7, 11) is -2.81. The Kier molecular flexibility index (Phi) is 5.26. The topological polar surface area (TPSA) is 101 Å². The van der Waals surface area contributed by atoms with Gasteiger partial charge >= 0.3 is 5.97 Å². The van der Waals surface area contributed by atoms with Crippen LogP contribution in [0, 0.1) is 0 Å². The number of carboxylic acids is 1. The molecule has 0 saturated carbocycles. The summed E-state index contributed by atoms with van der Waals surface area (Å²) in [4.78, 5) is 22.7. The second-order valence-electron chi connectivity index (χ2n) is 4.36. The van der Waals surface area contributed by atoms with Crippen LogP contribution in [0.1, 0.15) is 12.5 Å². The Hall–Kier alpha value is -1.89. The van der Waals surface area contributed by atoms with Crippen molar-refractivity contribution in [2.24, 2.45) is 0 Å². The smallest absolute Gasteiger partial charge is 0.322 e. The van der Waals surface area contributed by atoms with Crippen molar-refractivity contribution in [2.45, 2.75) is 23.8 Å². The van der Waals surface area contributed by atoms with Crippen molar-refractivity contribution in [2.75, 3.05) is 7.05 Å². The van der Waals surface area contributed by atoms with Gasteiger partial charge in [-0.25, -0.2) is 8.42 Å². The minimum atomic E-state index is -4.12. The van der Waals surface area contributed by atoms with Crippen LogP contribution in [-0.2, 0) is 25.8 Å². The molecule has 20 heavy (non-hydrogen) atoms. The summed E-state index contributed by atoms with van der Waals surface area (Å²) < 4.78 is 24.5. The van der Waals surface area contributed by atoms with Gasteiger partial charge in [0.2, 0.25) is 5.91 Å². The van der Waals surface area contributed by atoms with E-state index in [-0.39, 0.29) is 6.42 Å². The first-order valence-corrected chi connectivity index (χ1v) is 7.62. The number of carbonyl (C=O) groups excluding carboxylic acids is 1. The first-order valence-electron chi connectivity index (χ1n) is 6.01. The van der Waals surface area contributed by atoms with Crippen molar-refractivity contribution in [3.05, 3.63) is 35.9 Å². The van der Waals surface area contributed by atoms with Crippen LogP contribution >= 0.6 is 0 Å². The number of rotatable bonds is 6. The summed E-state index contributed by atoms with van der Waals surface area (Å²) in [6, 6.07) is 8.44. The molecule has 110 valence electrons. The van der Waals surface area contributed by atoms with Crippen LogP contribution in [0.4, 0.5) is 0 Å². The van der Waals surface area contributed by atoms with Gasteiger partial charge in [0.25, 0.3) is 0 Å². The van der Waals surface area contributed by atoms with Crippen LogP contribution in [0.25, 0.3) is 0 Å². The number of hydrogen-bond acceptors (Lipinski definition) is 4. The summed E-state index contributed by atoms with van der Waals surface area (Å²) in [5.74, 6) is -2.17. The second kappa shape index (κ2) is 6.51. The summed E-state index contributed by atoms with van der Waals surface area (Å²) in [6.07, 6.45) is -0.167. The Labute approximate surface area is 117 Å². The van der Waals surface area contributed by atoms with Crippen molar-refractivity contribution in [3.8, 4) is 0 Å². The number of aliphatic carboxylic acids is 1. The molecule has 0 radical (unpaired) electrons. The quantitative estimate of drug-likeness (QED) is 0.783. The van der Waals surface area contributed by atoms with E-state index in [4.69, 9.17) is 5.11 Å². The maximum absolute atomic E-state index is 12.2. The normalized spacial score (nSPS) is 14.3. The van der Waals surface area contributed by atoms with E-state index in [1.165, 1.54) is 14.0 Å². The highest BCUT2D eigenvalue weighted by Gasteiger charge is 2.39. The average Bonchev–Trinajstić information content (AvgIpc) is 2.43. The van der Waals surface area contributed by atoms with Gasteiger partial charge in [-0.3, -0.25) is 9.59 Å². The fourth-order valence-electron chi connectivity index (χ4n) is 1.77. The predicted molar refractivity (Wildman–Crippen MR) is 74.0 cm³/mol. The highest BCUT2D eigenvalue weighted by molar-refractivity contribution is 7.94. The van der Waals surface area contributed by atoms with E-state index in [1.807, 2.05) is 0 Å². The number of sulfone groups is 1. The lowest BCUT2D eigenvalue weighted by Gasteiger charge is -2.18. The molecule has 0 aliphatic rings. The SMILES string of the molecule is CNC(=O)C(C)S(=O)(=O)C(Cc1ccccc1)C(=O)O. The number of amides is 1. The fourth-order valence-corrected chi connectivity index (χ4v) is 3.39. The number of hydrogen-bond donors (Lipinski definition) is 2. The van der Waals surface area contributed by atoms with Crippen LogP contribution in [0.15, 0.2) is 30.3 Å². The second-order valence-corrected chi connectivity index (χ2v) is 6.82. The maximum Gasteiger partial charge on any atom is 0.322 e. The van der Waals surface area contributed by atoms with E-state index >= 15 is 0 Å². The Bertz CT molecular complexity index is 582. The molecule has 7 heteroatoms. The molecule has 0 aliphatic heterocycles. The molecule has 0 spiro atoms. The zero-order chi connectivity index (χ0) is 15.3. The molecule has 0 heterocycles. The number of carboxylic acid groups (broad SMARTS) is 1. The predicted octanol–water partition coefficient (Wildman–Crippen LogP) is 0.232.